The van der Waals surface area contributed by atoms with Crippen molar-refractivity contribution >= 4 is 5.91 Å². The first-order chi connectivity index (χ1) is 12.2. The molecular formula is C19H26N4O2. The Labute approximate surface area is 148 Å². The van der Waals surface area contributed by atoms with E-state index in [2.05, 4.69) is 27.4 Å². The zero-order valence-corrected chi connectivity index (χ0v) is 14.8. The molecule has 1 saturated heterocycles. The van der Waals surface area contributed by atoms with Gasteiger partial charge in [0.15, 0.2) is 5.82 Å². The van der Waals surface area contributed by atoms with Crippen molar-refractivity contribution in [2.75, 3.05) is 20.1 Å². The number of nitrogens with zero attached hydrogens (tertiary/aromatic N) is 3. The van der Waals surface area contributed by atoms with Gasteiger partial charge in [0.05, 0.1) is 13.0 Å². The zero-order chi connectivity index (χ0) is 17.5. The van der Waals surface area contributed by atoms with Crippen molar-refractivity contribution in [2.24, 2.45) is 5.92 Å². The molecule has 3 rings (SSSR count). The fourth-order valence-corrected chi connectivity index (χ4v) is 3.31. The molecule has 2 aromatic rings. The van der Waals surface area contributed by atoms with E-state index in [1.807, 2.05) is 30.3 Å². The Balaban J connectivity index is 1.39. The second kappa shape index (κ2) is 8.76. The highest BCUT2D eigenvalue weighted by Crippen LogP contribution is 2.19. The van der Waals surface area contributed by atoms with Crippen molar-refractivity contribution in [3.63, 3.8) is 0 Å². The van der Waals surface area contributed by atoms with Gasteiger partial charge in [0, 0.05) is 13.0 Å². The maximum absolute atomic E-state index is 12.0. The van der Waals surface area contributed by atoms with E-state index in [0.717, 1.165) is 18.5 Å². The van der Waals surface area contributed by atoms with Gasteiger partial charge in [0.1, 0.15) is 0 Å². The van der Waals surface area contributed by atoms with Crippen LogP contribution in [0.4, 0.5) is 0 Å². The Morgan fingerprint density at radius 2 is 2.20 bits per heavy atom. The van der Waals surface area contributed by atoms with Gasteiger partial charge in [-0.3, -0.25) is 4.79 Å². The van der Waals surface area contributed by atoms with E-state index in [1.165, 1.54) is 19.4 Å². The average molecular weight is 342 g/mol. The fourth-order valence-electron chi connectivity index (χ4n) is 3.31. The van der Waals surface area contributed by atoms with Crippen LogP contribution in [0.25, 0.3) is 0 Å². The van der Waals surface area contributed by atoms with Crippen LogP contribution < -0.4 is 5.32 Å². The Kier molecular flexibility index (Phi) is 6.17. The lowest BCUT2D eigenvalue weighted by Gasteiger charge is -2.29. The van der Waals surface area contributed by atoms with E-state index < -0.39 is 0 Å². The van der Waals surface area contributed by atoms with Crippen LogP contribution >= 0.6 is 0 Å². The lowest BCUT2D eigenvalue weighted by atomic mass is 9.93. The minimum atomic E-state index is 0.0580. The summed E-state index contributed by atoms with van der Waals surface area (Å²) in [7, 11) is 2.15. The summed E-state index contributed by atoms with van der Waals surface area (Å²) in [5, 5.41) is 6.83. The summed E-state index contributed by atoms with van der Waals surface area (Å²) < 4.78 is 5.25. The first kappa shape index (κ1) is 17.6. The molecule has 1 N–H and O–H groups in total. The van der Waals surface area contributed by atoms with Gasteiger partial charge in [-0.15, -0.1) is 0 Å². The van der Waals surface area contributed by atoms with Gasteiger partial charge < -0.3 is 14.7 Å². The lowest BCUT2D eigenvalue weighted by molar-refractivity contribution is -0.121. The molecule has 134 valence electrons. The molecular weight excluding hydrogens is 316 g/mol. The van der Waals surface area contributed by atoms with E-state index in [-0.39, 0.29) is 5.91 Å². The molecule has 0 bridgehead atoms. The van der Waals surface area contributed by atoms with E-state index in [4.69, 9.17) is 4.52 Å². The van der Waals surface area contributed by atoms with Gasteiger partial charge in [-0.1, -0.05) is 35.5 Å². The van der Waals surface area contributed by atoms with Crippen molar-refractivity contribution in [3.8, 4) is 0 Å². The molecule has 6 nitrogen and oxygen atoms in total. The van der Waals surface area contributed by atoms with E-state index in [0.29, 0.717) is 37.0 Å². The summed E-state index contributed by atoms with van der Waals surface area (Å²) in [6.07, 6.45) is 4.58. The number of amides is 1. The highest BCUT2D eigenvalue weighted by molar-refractivity contribution is 5.75. The van der Waals surface area contributed by atoms with Crippen molar-refractivity contribution in [1.82, 2.24) is 20.4 Å². The summed E-state index contributed by atoms with van der Waals surface area (Å²) >= 11 is 0. The molecule has 0 spiro atoms. The first-order valence-corrected chi connectivity index (χ1v) is 8.99. The van der Waals surface area contributed by atoms with Crippen LogP contribution in [0.2, 0.25) is 0 Å². The van der Waals surface area contributed by atoms with E-state index >= 15 is 0 Å². The van der Waals surface area contributed by atoms with Crippen LogP contribution in [0.3, 0.4) is 0 Å². The molecule has 6 heteroatoms. The second-order valence-corrected chi connectivity index (χ2v) is 6.85. The van der Waals surface area contributed by atoms with Gasteiger partial charge >= 0.3 is 0 Å². The third-order valence-electron chi connectivity index (χ3n) is 4.65. The summed E-state index contributed by atoms with van der Waals surface area (Å²) in [6, 6.07) is 9.99. The van der Waals surface area contributed by atoms with Crippen LogP contribution in [0.5, 0.6) is 0 Å². The molecule has 0 saturated carbocycles. The molecule has 0 radical (unpaired) electrons. The van der Waals surface area contributed by atoms with Crippen LogP contribution in [0, 0.1) is 5.92 Å². The lowest BCUT2D eigenvalue weighted by Crippen LogP contribution is -2.33. The highest BCUT2D eigenvalue weighted by Gasteiger charge is 2.18. The number of likely N-dealkylation sites (tertiary alicyclic amines) is 1. The summed E-state index contributed by atoms with van der Waals surface area (Å²) in [6.45, 7) is 2.59. The molecule has 1 aliphatic heterocycles. The minimum Gasteiger partial charge on any atom is -0.349 e. The molecule has 1 fully saturated rings. The van der Waals surface area contributed by atoms with Crippen LogP contribution in [0.1, 0.15) is 43.0 Å². The van der Waals surface area contributed by atoms with Gasteiger partial charge in [0.25, 0.3) is 0 Å². The van der Waals surface area contributed by atoms with Crippen molar-refractivity contribution in [3.05, 3.63) is 47.6 Å². The van der Waals surface area contributed by atoms with Crippen molar-refractivity contribution < 1.29 is 9.32 Å². The van der Waals surface area contributed by atoms with Gasteiger partial charge in [-0.05, 0) is 44.3 Å². The number of rotatable bonds is 7. The largest absolute Gasteiger partial charge is 0.349 e. The van der Waals surface area contributed by atoms with E-state index in [1.54, 1.807) is 0 Å². The Morgan fingerprint density at radius 3 is 3.00 bits per heavy atom. The summed E-state index contributed by atoms with van der Waals surface area (Å²) in [5.41, 5.74) is 1.12. The molecule has 1 aliphatic rings. The van der Waals surface area contributed by atoms with Gasteiger partial charge in [0.2, 0.25) is 11.8 Å². The zero-order valence-electron chi connectivity index (χ0n) is 14.8. The standard InChI is InChI=1S/C19H26N4O2/c1-23-11-5-8-16(14-23)9-10-18(24)20-13-17-21-19(25-22-17)12-15-6-3-2-4-7-15/h2-4,6-7,16H,5,8-14H2,1H3,(H,20,24)/t16-/m1/s1. The molecule has 25 heavy (non-hydrogen) atoms. The Hall–Kier alpha value is -2.21. The molecule has 1 aromatic heterocycles. The molecule has 0 unspecified atom stereocenters. The first-order valence-electron chi connectivity index (χ1n) is 8.99. The van der Waals surface area contributed by atoms with Crippen molar-refractivity contribution in [1.29, 1.82) is 0 Å². The maximum Gasteiger partial charge on any atom is 0.231 e. The smallest absolute Gasteiger partial charge is 0.231 e. The number of aromatic nitrogens is 2. The predicted molar refractivity (Wildman–Crippen MR) is 94.8 cm³/mol. The number of carbonyl (C=O) groups excluding carboxylic acids is 1. The van der Waals surface area contributed by atoms with Gasteiger partial charge in [-0.2, -0.15) is 4.98 Å². The molecule has 0 aliphatic carbocycles. The predicted octanol–water partition coefficient (Wildman–Crippen LogP) is 2.40. The normalized spacial score (nSPS) is 18.2. The number of carbonyl (C=O) groups is 1. The Bertz CT molecular complexity index is 671. The third kappa shape index (κ3) is 5.67. The number of hydrogen-bond donors (Lipinski definition) is 1. The second-order valence-electron chi connectivity index (χ2n) is 6.85. The number of benzene rings is 1. The summed E-state index contributed by atoms with van der Waals surface area (Å²) in [5.74, 6) is 1.78. The van der Waals surface area contributed by atoms with Crippen LogP contribution in [-0.2, 0) is 17.8 Å². The van der Waals surface area contributed by atoms with Gasteiger partial charge in [-0.25, -0.2) is 0 Å². The number of piperidine rings is 1. The fraction of sp³-hybridized carbons (Fsp3) is 0.526. The molecule has 1 atom stereocenters. The maximum atomic E-state index is 12.0. The molecule has 1 aromatic carbocycles. The third-order valence-corrected chi connectivity index (χ3v) is 4.65. The molecule has 2 heterocycles. The monoisotopic (exact) mass is 342 g/mol. The Morgan fingerprint density at radius 1 is 1.36 bits per heavy atom. The quantitative estimate of drug-likeness (QED) is 0.836. The number of nitrogens with one attached hydrogen (secondary N) is 1. The SMILES string of the molecule is CN1CCC[C@H](CCC(=O)NCc2noc(Cc3ccccc3)n2)C1. The average Bonchev–Trinajstić information content (AvgIpc) is 3.06. The van der Waals surface area contributed by atoms with E-state index in [9.17, 15) is 4.79 Å². The summed E-state index contributed by atoms with van der Waals surface area (Å²) in [4.78, 5) is 18.7. The van der Waals surface area contributed by atoms with Crippen LogP contribution in [0.15, 0.2) is 34.9 Å². The van der Waals surface area contributed by atoms with Crippen LogP contribution in [-0.4, -0.2) is 41.1 Å². The topological polar surface area (TPSA) is 71.3 Å². The van der Waals surface area contributed by atoms with Crippen molar-refractivity contribution in [2.45, 2.75) is 38.6 Å². The number of hydrogen-bond acceptors (Lipinski definition) is 5. The minimum absolute atomic E-state index is 0.0580. The highest BCUT2D eigenvalue weighted by atomic mass is 16.5. The molecule has 1 amide bonds.